The van der Waals surface area contributed by atoms with Crippen LogP contribution in [0.4, 0.5) is 5.82 Å². The molecule has 8 heteroatoms. The summed E-state index contributed by atoms with van der Waals surface area (Å²) in [6, 6.07) is 23.4. The van der Waals surface area contributed by atoms with E-state index in [4.69, 9.17) is 10.7 Å². The molecule has 0 fully saturated rings. The number of nitrogen functional groups attached to an aromatic ring is 1. The maximum atomic E-state index is 12.9. The summed E-state index contributed by atoms with van der Waals surface area (Å²) in [5.74, 6) is 0.975. The van der Waals surface area contributed by atoms with Crippen LogP contribution in [-0.2, 0) is 13.6 Å². The van der Waals surface area contributed by atoms with Crippen molar-refractivity contribution in [2.24, 2.45) is 7.05 Å². The summed E-state index contributed by atoms with van der Waals surface area (Å²) < 4.78 is 3.94. The van der Waals surface area contributed by atoms with E-state index in [1.54, 1.807) is 12.4 Å². The number of rotatable bonds is 5. The van der Waals surface area contributed by atoms with Gasteiger partial charge in [-0.25, -0.2) is 15.0 Å². The number of pyridine rings is 2. The van der Waals surface area contributed by atoms with Crippen molar-refractivity contribution in [1.82, 2.24) is 29.4 Å². The molecule has 1 amide bonds. The summed E-state index contributed by atoms with van der Waals surface area (Å²) in [5.41, 5.74) is 12.0. The number of benzene rings is 2. The fraction of sp³-hybridized carbons (Fsp3) is 0.0714. The van der Waals surface area contributed by atoms with Crippen LogP contribution in [0.15, 0.2) is 91.4 Å². The lowest BCUT2D eigenvalue weighted by molar-refractivity contribution is 0.0952. The molecule has 3 N–H and O–H groups in total. The quantitative estimate of drug-likeness (QED) is 0.384. The fourth-order valence-corrected chi connectivity index (χ4v) is 4.51. The highest BCUT2D eigenvalue weighted by Gasteiger charge is 2.18. The monoisotopic (exact) mass is 473 g/mol. The molecule has 0 aliphatic rings. The highest BCUT2D eigenvalue weighted by atomic mass is 16.1. The minimum atomic E-state index is -0.102. The molecule has 0 radical (unpaired) electrons. The summed E-state index contributed by atoms with van der Waals surface area (Å²) in [4.78, 5) is 26.5. The smallest absolute Gasteiger partial charge is 0.253 e. The first kappa shape index (κ1) is 21.5. The molecule has 0 saturated heterocycles. The van der Waals surface area contributed by atoms with E-state index in [2.05, 4.69) is 15.3 Å². The molecule has 0 aliphatic heterocycles. The number of nitrogens with zero attached hydrogens (tertiary/aromatic N) is 5. The van der Waals surface area contributed by atoms with Gasteiger partial charge in [-0.05, 0) is 48.0 Å². The number of hydrogen-bond acceptors (Lipinski definition) is 5. The third-order valence-electron chi connectivity index (χ3n) is 6.28. The Hall–Kier alpha value is -4.98. The van der Waals surface area contributed by atoms with Crippen LogP contribution in [0.3, 0.4) is 0 Å². The first-order valence-electron chi connectivity index (χ1n) is 11.6. The van der Waals surface area contributed by atoms with Crippen LogP contribution in [0.1, 0.15) is 15.9 Å². The van der Waals surface area contributed by atoms with E-state index in [0.717, 1.165) is 38.9 Å². The molecular formula is C28H23N7O. The Kier molecular flexibility index (Phi) is 5.19. The van der Waals surface area contributed by atoms with Crippen LogP contribution in [0.25, 0.3) is 39.1 Å². The van der Waals surface area contributed by atoms with Crippen molar-refractivity contribution in [2.75, 3.05) is 5.73 Å². The van der Waals surface area contributed by atoms with Crippen molar-refractivity contribution in [3.8, 4) is 17.1 Å². The van der Waals surface area contributed by atoms with Crippen LogP contribution in [-0.4, -0.2) is 30.0 Å². The summed E-state index contributed by atoms with van der Waals surface area (Å²) in [6.45, 7) is 0.410. The van der Waals surface area contributed by atoms with Crippen LogP contribution >= 0.6 is 0 Å². The molecular weight excluding hydrogens is 450 g/mol. The predicted molar refractivity (Wildman–Crippen MR) is 141 cm³/mol. The molecule has 0 saturated carbocycles. The number of para-hydroxylation sites is 1. The largest absolute Gasteiger partial charge is 0.383 e. The van der Waals surface area contributed by atoms with Crippen molar-refractivity contribution in [3.05, 3.63) is 103 Å². The van der Waals surface area contributed by atoms with Gasteiger partial charge in [-0.15, -0.1) is 0 Å². The second-order valence-electron chi connectivity index (χ2n) is 8.57. The van der Waals surface area contributed by atoms with Gasteiger partial charge < -0.3 is 15.6 Å². The van der Waals surface area contributed by atoms with Crippen molar-refractivity contribution in [3.63, 3.8) is 0 Å². The highest BCUT2D eigenvalue weighted by Crippen LogP contribution is 2.30. The molecule has 0 bridgehead atoms. The number of aryl methyl sites for hydroxylation is 1. The van der Waals surface area contributed by atoms with Crippen LogP contribution in [0.2, 0.25) is 0 Å². The first-order chi connectivity index (χ1) is 17.6. The molecule has 36 heavy (non-hydrogen) atoms. The van der Waals surface area contributed by atoms with Gasteiger partial charge in [-0.3, -0.25) is 9.36 Å². The molecule has 176 valence electrons. The topological polar surface area (TPSA) is 104 Å². The number of imidazole rings is 1. The zero-order chi connectivity index (χ0) is 24.6. The van der Waals surface area contributed by atoms with Gasteiger partial charge in [0.25, 0.3) is 5.91 Å². The lowest BCUT2D eigenvalue weighted by atomic mass is 10.1. The molecule has 4 aromatic heterocycles. The van der Waals surface area contributed by atoms with Gasteiger partial charge in [0.15, 0.2) is 11.5 Å². The van der Waals surface area contributed by atoms with Crippen LogP contribution < -0.4 is 11.1 Å². The summed E-state index contributed by atoms with van der Waals surface area (Å²) >= 11 is 0. The van der Waals surface area contributed by atoms with E-state index < -0.39 is 0 Å². The maximum absolute atomic E-state index is 12.9. The Morgan fingerprint density at radius 3 is 2.56 bits per heavy atom. The first-order valence-corrected chi connectivity index (χ1v) is 11.6. The standard InChI is InChI=1S/C28H23N7O/c1-34-17-22(20-6-2-3-9-24(20)34)28(36)32-16-18-10-12-19(13-11-18)35-26(21-7-4-14-30-25(21)29)33-23-8-5-15-31-27(23)35/h2-15,17H,16H2,1H3,(H2,29,30)(H,32,36). The average Bonchev–Trinajstić information content (AvgIpc) is 3.46. The fourth-order valence-electron chi connectivity index (χ4n) is 4.51. The van der Waals surface area contributed by atoms with Gasteiger partial charge in [0, 0.05) is 48.8 Å². The van der Waals surface area contributed by atoms with Crippen molar-refractivity contribution >= 4 is 33.8 Å². The summed E-state index contributed by atoms with van der Waals surface area (Å²) in [6.07, 6.45) is 5.27. The van der Waals surface area contributed by atoms with Crippen LogP contribution in [0.5, 0.6) is 0 Å². The van der Waals surface area contributed by atoms with Gasteiger partial charge >= 0.3 is 0 Å². The Balaban J connectivity index is 1.29. The number of hydrogen-bond donors (Lipinski definition) is 2. The number of aromatic nitrogens is 5. The predicted octanol–water partition coefficient (Wildman–Crippen LogP) is 4.49. The minimum absolute atomic E-state index is 0.102. The number of fused-ring (bicyclic) bond motifs is 2. The molecule has 8 nitrogen and oxygen atoms in total. The van der Waals surface area contributed by atoms with E-state index in [1.165, 1.54) is 0 Å². The maximum Gasteiger partial charge on any atom is 0.253 e. The number of carbonyl (C=O) groups is 1. The third kappa shape index (κ3) is 3.65. The average molecular weight is 474 g/mol. The lowest BCUT2D eigenvalue weighted by Gasteiger charge is -2.11. The molecule has 0 atom stereocenters. The van der Waals surface area contributed by atoms with Gasteiger partial charge in [-0.1, -0.05) is 30.3 Å². The molecule has 6 aromatic rings. The molecule has 4 heterocycles. The Bertz CT molecular complexity index is 1730. The number of anilines is 1. The van der Waals surface area contributed by atoms with Gasteiger partial charge in [0.1, 0.15) is 11.3 Å². The Morgan fingerprint density at radius 2 is 1.72 bits per heavy atom. The molecule has 2 aromatic carbocycles. The molecule has 0 spiro atoms. The minimum Gasteiger partial charge on any atom is -0.383 e. The van der Waals surface area contributed by atoms with Gasteiger partial charge in [0.2, 0.25) is 0 Å². The van der Waals surface area contributed by atoms with E-state index in [1.807, 2.05) is 95.2 Å². The SMILES string of the molecule is Cn1cc(C(=O)NCc2ccc(-n3c(-c4cccnc4N)nc4cccnc43)cc2)c2ccccc21. The van der Waals surface area contributed by atoms with E-state index in [0.29, 0.717) is 23.8 Å². The second-order valence-corrected chi connectivity index (χ2v) is 8.57. The van der Waals surface area contributed by atoms with E-state index >= 15 is 0 Å². The number of carbonyl (C=O) groups excluding carboxylic acids is 1. The van der Waals surface area contributed by atoms with Crippen molar-refractivity contribution < 1.29 is 4.79 Å². The lowest BCUT2D eigenvalue weighted by Crippen LogP contribution is -2.22. The number of amides is 1. The van der Waals surface area contributed by atoms with Crippen molar-refractivity contribution in [1.29, 1.82) is 0 Å². The molecule has 0 aliphatic carbocycles. The van der Waals surface area contributed by atoms with Crippen LogP contribution in [0, 0.1) is 0 Å². The Labute approximate surface area is 207 Å². The number of nitrogens with one attached hydrogen (secondary N) is 1. The zero-order valence-corrected chi connectivity index (χ0v) is 19.6. The summed E-state index contributed by atoms with van der Waals surface area (Å²) in [7, 11) is 1.94. The normalized spacial score (nSPS) is 11.2. The zero-order valence-electron chi connectivity index (χ0n) is 19.6. The highest BCUT2D eigenvalue weighted by molar-refractivity contribution is 6.06. The van der Waals surface area contributed by atoms with Gasteiger partial charge in [-0.2, -0.15) is 0 Å². The third-order valence-corrected chi connectivity index (χ3v) is 6.28. The number of nitrogens with two attached hydrogens (primary N) is 1. The van der Waals surface area contributed by atoms with Gasteiger partial charge in [0.05, 0.1) is 11.1 Å². The molecule has 0 unspecified atom stereocenters. The molecule has 6 rings (SSSR count). The van der Waals surface area contributed by atoms with E-state index in [-0.39, 0.29) is 5.91 Å². The second kappa shape index (κ2) is 8.66. The van der Waals surface area contributed by atoms with E-state index in [9.17, 15) is 4.79 Å². The Morgan fingerprint density at radius 1 is 0.944 bits per heavy atom. The summed E-state index contributed by atoms with van der Waals surface area (Å²) in [5, 5.41) is 3.98. The van der Waals surface area contributed by atoms with Crippen molar-refractivity contribution in [2.45, 2.75) is 6.54 Å².